The van der Waals surface area contributed by atoms with Gasteiger partial charge in [0.25, 0.3) is 0 Å². The van der Waals surface area contributed by atoms with Gasteiger partial charge in [0.2, 0.25) is 0 Å². The average Bonchev–Trinajstić information content (AvgIpc) is 2.30. The van der Waals surface area contributed by atoms with Crippen LogP contribution in [-0.4, -0.2) is 62.1 Å². The summed E-state index contributed by atoms with van der Waals surface area (Å²) in [5, 5.41) is 8.20. The molecule has 0 bridgehead atoms. The minimum absolute atomic E-state index is 0.446. The fourth-order valence-electron chi connectivity index (χ4n) is 2.28. The highest BCUT2D eigenvalue weighted by molar-refractivity contribution is 5.81. The van der Waals surface area contributed by atoms with Gasteiger partial charge in [-0.05, 0) is 19.9 Å². The minimum Gasteiger partial charge on any atom is -0.381 e. The van der Waals surface area contributed by atoms with E-state index >= 15 is 0 Å². The summed E-state index contributed by atoms with van der Waals surface area (Å²) < 4.78 is 5.33. The molecule has 4 heteroatoms. The fourth-order valence-corrected chi connectivity index (χ4v) is 2.28. The van der Waals surface area contributed by atoms with Gasteiger partial charge in [-0.1, -0.05) is 0 Å². The molecular formula is C11H21N3O. The quantitative estimate of drug-likeness (QED) is 0.511. The van der Waals surface area contributed by atoms with E-state index in [2.05, 4.69) is 16.8 Å². The third-order valence-corrected chi connectivity index (χ3v) is 3.45. The Labute approximate surface area is 91.7 Å². The van der Waals surface area contributed by atoms with Gasteiger partial charge in [-0.15, -0.1) is 0 Å². The van der Waals surface area contributed by atoms with Gasteiger partial charge in [-0.2, -0.15) is 0 Å². The molecule has 2 aliphatic rings. The first-order valence-corrected chi connectivity index (χ1v) is 5.87. The molecule has 0 atom stereocenters. The summed E-state index contributed by atoms with van der Waals surface area (Å²) in [6.07, 6.45) is 2.07. The predicted octanol–water partition coefficient (Wildman–Crippen LogP) is 0.638. The van der Waals surface area contributed by atoms with E-state index in [1.807, 2.05) is 0 Å². The van der Waals surface area contributed by atoms with Gasteiger partial charge in [-0.25, -0.2) is 0 Å². The van der Waals surface area contributed by atoms with Crippen LogP contribution < -0.4 is 0 Å². The van der Waals surface area contributed by atoms with E-state index in [4.69, 9.17) is 10.1 Å². The number of hydrogen-bond acceptors (Lipinski definition) is 3. The lowest BCUT2D eigenvalue weighted by atomic mass is 9.98. The summed E-state index contributed by atoms with van der Waals surface area (Å²) in [7, 11) is 2.15. The standard InChI is InChI=1S/C11H21N3O/c1-13-4-6-14(7-5-13)11(12)10-2-8-15-9-3-10/h10,12H,2-9H2,1H3. The summed E-state index contributed by atoms with van der Waals surface area (Å²) in [6, 6.07) is 0. The summed E-state index contributed by atoms with van der Waals surface area (Å²) in [5.41, 5.74) is 0. The highest BCUT2D eigenvalue weighted by Crippen LogP contribution is 2.18. The molecule has 1 N–H and O–H groups in total. The lowest BCUT2D eigenvalue weighted by Crippen LogP contribution is -2.49. The summed E-state index contributed by atoms with van der Waals surface area (Å²) in [6.45, 7) is 5.89. The second-order valence-corrected chi connectivity index (χ2v) is 4.56. The number of amidine groups is 1. The maximum Gasteiger partial charge on any atom is 0.0992 e. The second-order valence-electron chi connectivity index (χ2n) is 4.56. The Morgan fingerprint density at radius 1 is 1.13 bits per heavy atom. The van der Waals surface area contributed by atoms with Crippen LogP contribution in [0.5, 0.6) is 0 Å². The van der Waals surface area contributed by atoms with E-state index in [1.165, 1.54) is 0 Å². The molecule has 86 valence electrons. The average molecular weight is 211 g/mol. The topological polar surface area (TPSA) is 39.6 Å². The minimum atomic E-state index is 0.446. The Kier molecular flexibility index (Phi) is 3.59. The van der Waals surface area contributed by atoms with E-state index in [0.29, 0.717) is 5.92 Å². The molecule has 2 rings (SSSR count). The smallest absolute Gasteiger partial charge is 0.0992 e. The zero-order chi connectivity index (χ0) is 10.7. The first kappa shape index (κ1) is 10.9. The predicted molar refractivity (Wildman–Crippen MR) is 60.3 cm³/mol. The number of piperazine rings is 1. The zero-order valence-corrected chi connectivity index (χ0v) is 9.54. The van der Waals surface area contributed by atoms with Crippen molar-refractivity contribution in [3.8, 4) is 0 Å². The number of hydrogen-bond donors (Lipinski definition) is 1. The van der Waals surface area contributed by atoms with Crippen LogP contribution in [0.15, 0.2) is 0 Å². The van der Waals surface area contributed by atoms with E-state index in [1.54, 1.807) is 0 Å². The molecule has 15 heavy (non-hydrogen) atoms. The number of nitrogens with one attached hydrogen (secondary N) is 1. The highest BCUT2D eigenvalue weighted by atomic mass is 16.5. The van der Waals surface area contributed by atoms with E-state index in [0.717, 1.165) is 58.1 Å². The zero-order valence-electron chi connectivity index (χ0n) is 9.54. The van der Waals surface area contributed by atoms with Crippen molar-refractivity contribution in [2.24, 2.45) is 5.92 Å². The van der Waals surface area contributed by atoms with Crippen molar-refractivity contribution in [1.29, 1.82) is 5.41 Å². The van der Waals surface area contributed by atoms with Gasteiger partial charge < -0.3 is 14.5 Å². The van der Waals surface area contributed by atoms with Crippen molar-refractivity contribution in [2.45, 2.75) is 12.8 Å². The maximum atomic E-state index is 8.20. The third-order valence-electron chi connectivity index (χ3n) is 3.45. The molecule has 2 fully saturated rings. The van der Waals surface area contributed by atoms with Crippen LogP contribution >= 0.6 is 0 Å². The second kappa shape index (κ2) is 4.94. The summed E-state index contributed by atoms with van der Waals surface area (Å²) >= 11 is 0. The SMILES string of the molecule is CN1CCN(C(=N)C2CCOCC2)CC1. The van der Waals surface area contributed by atoms with Gasteiger partial charge in [-0.3, -0.25) is 5.41 Å². The summed E-state index contributed by atoms with van der Waals surface area (Å²) in [5.74, 6) is 1.30. The number of likely N-dealkylation sites (N-methyl/N-ethyl adjacent to an activating group) is 1. The van der Waals surface area contributed by atoms with Gasteiger partial charge in [0.05, 0.1) is 5.84 Å². The molecule has 2 saturated heterocycles. The molecule has 0 unspecified atom stereocenters. The molecule has 0 saturated carbocycles. The molecular weight excluding hydrogens is 190 g/mol. The van der Waals surface area contributed by atoms with Crippen LogP contribution in [-0.2, 0) is 4.74 Å². The molecule has 0 aliphatic carbocycles. The summed E-state index contributed by atoms with van der Waals surface area (Å²) in [4.78, 5) is 4.57. The van der Waals surface area contributed by atoms with Gasteiger partial charge in [0.1, 0.15) is 0 Å². The Balaban J connectivity index is 1.84. The normalized spacial score (nSPS) is 25.5. The van der Waals surface area contributed by atoms with Crippen molar-refractivity contribution >= 4 is 5.84 Å². The van der Waals surface area contributed by atoms with Gasteiger partial charge >= 0.3 is 0 Å². The maximum absolute atomic E-state index is 8.20. The molecule has 2 heterocycles. The van der Waals surface area contributed by atoms with Crippen LogP contribution in [0.3, 0.4) is 0 Å². The van der Waals surface area contributed by atoms with Gasteiger partial charge in [0, 0.05) is 45.3 Å². The number of rotatable bonds is 1. The van der Waals surface area contributed by atoms with Crippen molar-refractivity contribution in [1.82, 2.24) is 9.80 Å². The molecule has 0 aromatic rings. The van der Waals surface area contributed by atoms with Crippen molar-refractivity contribution in [3.05, 3.63) is 0 Å². The van der Waals surface area contributed by atoms with Crippen LogP contribution in [0.2, 0.25) is 0 Å². The van der Waals surface area contributed by atoms with E-state index in [-0.39, 0.29) is 0 Å². The van der Waals surface area contributed by atoms with Crippen LogP contribution in [0.4, 0.5) is 0 Å². The molecule has 4 nitrogen and oxygen atoms in total. The van der Waals surface area contributed by atoms with Crippen LogP contribution in [0.1, 0.15) is 12.8 Å². The molecule has 0 spiro atoms. The van der Waals surface area contributed by atoms with E-state index < -0.39 is 0 Å². The monoisotopic (exact) mass is 211 g/mol. The molecule has 0 radical (unpaired) electrons. The molecule has 0 amide bonds. The van der Waals surface area contributed by atoms with Crippen LogP contribution in [0.25, 0.3) is 0 Å². The highest BCUT2D eigenvalue weighted by Gasteiger charge is 2.24. The first-order valence-electron chi connectivity index (χ1n) is 5.87. The molecule has 0 aromatic heterocycles. The van der Waals surface area contributed by atoms with Gasteiger partial charge in [0.15, 0.2) is 0 Å². The Hall–Kier alpha value is -0.610. The Morgan fingerprint density at radius 2 is 1.73 bits per heavy atom. The van der Waals surface area contributed by atoms with Crippen molar-refractivity contribution in [2.75, 3.05) is 46.4 Å². The Morgan fingerprint density at radius 3 is 2.33 bits per heavy atom. The first-order chi connectivity index (χ1) is 7.27. The Bertz CT molecular complexity index is 218. The van der Waals surface area contributed by atoms with Crippen molar-refractivity contribution < 1.29 is 4.74 Å². The number of nitrogens with zero attached hydrogens (tertiary/aromatic N) is 2. The largest absolute Gasteiger partial charge is 0.381 e. The third kappa shape index (κ3) is 2.69. The van der Waals surface area contributed by atoms with Crippen molar-refractivity contribution in [3.63, 3.8) is 0 Å². The fraction of sp³-hybridized carbons (Fsp3) is 0.909. The van der Waals surface area contributed by atoms with Crippen LogP contribution in [0, 0.1) is 11.3 Å². The molecule has 2 aliphatic heterocycles. The number of ether oxygens (including phenoxy) is 1. The lowest BCUT2D eigenvalue weighted by Gasteiger charge is -2.37. The lowest BCUT2D eigenvalue weighted by molar-refractivity contribution is 0.0780. The van der Waals surface area contributed by atoms with E-state index in [9.17, 15) is 0 Å². The molecule has 0 aromatic carbocycles.